The van der Waals surface area contributed by atoms with Crippen LogP contribution in [0.3, 0.4) is 0 Å². The van der Waals surface area contributed by atoms with Crippen molar-refractivity contribution in [2.45, 2.75) is 31.5 Å². The first-order valence-electron chi connectivity index (χ1n) is 6.11. The van der Waals surface area contributed by atoms with Gasteiger partial charge in [-0.1, -0.05) is 0 Å². The van der Waals surface area contributed by atoms with E-state index in [9.17, 15) is 34.2 Å². The van der Waals surface area contributed by atoms with Gasteiger partial charge in [-0.25, -0.2) is 4.79 Å². The molecule has 1 fully saturated rings. The summed E-state index contributed by atoms with van der Waals surface area (Å²) >= 11 is 0. The molecule has 1 aromatic rings. The average Bonchev–Trinajstić information content (AvgIpc) is 2.63. The highest BCUT2D eigenvalue weighted by Gasteiger charge is 2.44. The lowest BCUT2D eigenvalue weighted by Crippen LogP contribution is -2.39. The Hall–Kier alpha value is -1.33. The van der Waals surface area contributed by atoms with E-state index in [1.54, 1.807) is 0 Å². The number of ether oxygens (including phenoxy) is 1. The van der Waals surface area contributed by atoms with Gasteiger partial charge in [0, 0.05) is 11.8 Å². The first kappa shape index (κ1) is 17.0. The number of aromatic nitrogens is 2. The molecule has 0 spiro atoms. The second kappa shape index (κ2) is 6.05. The van der Waals surface area contributed by atoms with E-state index in [4.69, 9.17) is 4.74 Å². The Balaban J connectivity index is 2.26. The van der Waals surface area contributed by atoms with E-state index in [1.165, 1.54) is 6.92 Å². The fraction of sp³-hybridized carbons (Fsp3) is 0.600. The quantitative estimate of drug-likeness (QED) is 0.467. The molecule has 11 nitrogen and oxygen atoms in total. The largest absolute Gasteiger partial charge is 0.790 e. The lowest BCUT2D eigenvalue weighted by atomic mass is 10.1. The number of nitrogens with one attached hydrogen (secondary N) is 1. The third kappa shape index (κ3) is 3.52. The van der Waals surface area contributed by atoms with E-state index in [0.717, 1.165) is 10.6 Å². The van der Waals surface area contributed by atoms with Crippen LogP contribution in [0.2, 0.25) is 0 Å². The number of hydrogen-bond acceptors (Lipinski definition) is 9. The van der Waals surface area contributed by atoms with E-state index in [0.29, 0.717) is 0 Å². The maximum Gasteiger partial charge on any atom is 0.330 e. The van der Waals surface area contributed by atoms with E-state index < -0.39 is 50.2 Å². The molecule has 2 heterocycles. The topological polar surface area (TPSA) is 177 Å². The molecule has 0 bridgehead atoms. The van der Waals surface area contributed by atoms with Crippen molar-refractivity contribution in [2.24, 2.45) is 0 Å². The number of aliphatic hydroxyl groups excluding tert-OH is 2. The molecular weight excluding hydrogens is 323 g/mol. The first-order valence-corrected chi connectivity index (χ1v) is 7.57. The molecule has 0 aliphatic carbocycles. The summed E-state index contributed by atoms with van der Waals surface area (Å²) in [4.78, 5) is 45.8. The molecule has 0 aromatic carbocycles. The third-order valence-electron chi connectivity index (χ3n) is 3.16. The number of H-pyrrole nitrogens is 1. The van der Waals surface area contributed by atoms with Crippen LogP contribution in [-0.4, -0.2) is 44.7 Å². The number of phosphoric ester groups is 1. The summed E-state index contributed by atoms with van der Waals surface area (Å²) in [5.74, 6) is 0. The van der Waals surface area contributed by atoms with Gasteiger partial charge in [-0.3, -0.25) is 14.3 Å². The van der Waals surface area contributed by atoms with E-state index in [-0.39, 0.29) is 5.69 Å². The van der Waals surface area contributed by atoms with Crippen molar-refractivity contribution in [3.63, 3.8) is 0 Å². The van der Waals surface area contributed by atoms with E-state index in [2.05, 4.69) is 4.52 Å². The van der Waals surface area contributed by atoms with Crippen molar-refractivity contribution < 1.29 is 33.8 Å². The molecule has 1 aliphatic rings. The normalized spacial score (nSPS) is 29.0. The number of aromatic amines is 1. The molecule has 3 N–H and O–H groups in total. The summed E-state index contributed by atoms with van der Waals surface area (Å²) in [5.41, 5.74) is -1.36. The summed E-state index contributed by atoms with van der Waals surface area (Å²) in [6.07, 6.45) is -5.89. The molecule has 0 amide bonds. The van der Waals surface area contributed by atoms with Crippen LogP contribution in [0.5, 0.6) is 0 Å². The molecule has 1 saturated heterocycles. The van der Waals surface area contributed by atoms with Gasteiger partial charge in [0.1, 0.15) is 18.3 Å². The van der Waals surface area contributed by atoms with Gasteiger partial charge in [-0.15, -0.1) is 0 Å². The number of hydrogen-bond donors (Lipinski definition) is 3. The molecule has 4 atom stereocenters. The van der Waals surface area contributed by atoms with Gasteiger partial charge < -0.3 is 33.8 Å². The maximum atomic E-state index is 11.8. The lowest BCUT2D eigenvalue weighted by molar-refractivity contribution is -0.343. The third-order valence-corrected chi connectivity index (χ3v) is 3.62. The number of rotatable bonds is 4. The Morgan fingerprint density at radius 1 is 1.41 bits per heavy atom. The minimum atomic E-state index is -5.27. The standard InChI is InChI=1S/C10H15N2O9P/c1-4-2-6(13)11-10(16)12(4)9-8(15)7(14)5(21-9)3-20-22(17,18)19/h2,5,7-9,14-15H,3H2,1H3,(H,11,13,16)(H2,17,18,19)/p-2/t5-,7+,8?,9-/m1/s1. The molecular formula is C10H13N2O9P-2. The minimum absolute atomic E-state index is 0.157. The summed E-state index contributed by atoms with van der Waals surface area (Å²) < 4.78 is 20.5. The van der Waals surface area contributed by atoms with Crippen molar-refractivity contribution in [3.05, 3.63) is 32.6 Å². The van der Waals surface area contributed by atoms with Gasteiger partial charge in [-0.2, -0.15) is 0 Å². The van der Waals surface area contributed by atoms with Gasteiger partial charge in [0.05, 0.1) is 14.4 Å². The first-order chi connectivity index (χ1) is 10.1. The lowest BCUT2D eigenvalue weighted by Gasteiger charge is -2.30. The van der Waals surface area contributed by atoms with Gasteiger partial charge >= 0.3 is 5.69 Å². The predicted molar refractivity (Wildman–Crippen MR) is 65.5 cm³/mol. The predicted octanol–water partition coefficient (Wildman–Crippen LogP) is -3.69. The van der Waals surface area contributed by atoms with Crippen molar-refractivity contribution >= 4 is 7.82 Å². The minimum Gasteiger partial charge on any atom is -0.790 e. The van der Waals surface area contributed by atoms with Crippen molar-refractivity contribution in [3.8, 4) is 0 Å². The van der Waals surface area contributed by atoms with Gasteiger partial charge in [0.2, 0.25) is 0 Å². The highest BCUT2D eigenvalue weighted by atomic mass is 31.2. The summed E-state index contributed by atoms with van der Waals surface area (Å²) in [5, 5.41) is 19.7. The number of nitrogens with zero attached hydrogens (tertiary/aromatic N) is 1. The summed E-state index contributed by atoms with van der Waals surface area (Å²) in [7, 11) is -5.27. The zero-order valence-electron chi connectivity index (χ0n) is 11.2. The van der Waals surface area contributed by atoms with Crippen LogP contribution in [0.4, 0.5) is 0 Å². The Kier molecular flexibility index (Phi) is 4.68. The van der Waals surface area contributed by atoms with Crippen molar-refractivity contribution in [1.29, 1.82) is 0 Å². The van der Waals surface area contributed by atoms with Crippen LogP contribution in [0.25, 0.3) is 0 Å². The van der Waals surface area contributed by atoms with Crippen LogP contribution in [-0.2, 0) is 13.8 Å². The number of aryl methyl sites for hydroxylation is 1. The van der Waals surface area contributed by atoms with E-state index >= 15 is 0 Å². The molecule has 124 valence electrons. The Labute approximate surface area is 123 Å². The second-order valence-electron chi connectivity index (χ2n) is 4.74. The van der Waals surface area contributed by atoms with E-state index in [1.807, 2.05) is 4.98 Å². The summed E-state index contributed by atoms with van der Waals surface area (Å²) in [6.45, 7) is 0.600. The molecule has 1 aromatic heterocycles. The second-order valence-corrected chi connectivity index (χ2v) is 5.89. The molecule has 2 rings (SSSR count). The van der Waals surface area contributed by atoms with Crippen molar-refractivity contribution in [2.75, 3.05) is 6.61 Å². The average molecular weight is 336 g/mol. The maximum absolute atomic E-state index is 11.8. The van der Waals surface area contributed by atoms with Gasteiger partial charge in [-0.05, 0) is 6.92 Å². The SMILES string of the molecule is Cc1cc(=O)[nH]c(=O)n1[C@@H]1O[C@H](COP(=O)([O-])[O-])[C@H](O)C1O. The van der Waals surface area contributed by atoms with Crippen LogP contribution in [0, 0.1) is 6.92 Å². The van der Waals surface area contributed by atoms with Crippen molar-refractivity contribution in [1.82, 2.24) is 9.55 Å². The highest BCUT2D eigenvalue weighted by molar-refractivity contribution is 7.43. The Morgan fingerprint density at radius 3 is 2.59 bits per heavy atom. The molecule has 0 radical (unpaired) electrons. The zero-order valence-corrected chi connectivity index (χ0v) is 12.1. The zero-order chi connectivity index (χ0) is 16.7. The molecule has 1 aliphatic heterocycles. The Bertz CT molecular complexity index is 707. The smallest absolute Gasteiger partial charge is 0.330 e. The fourth-order valence-electron chi connectivity index (χ4n) is 2.18. The molecule has 22 heavy (non-hydrogen) atoms. The van der Waals surface area contributed by atoms with Gasteiger partial charge in [0.25, 0.3) is 5.56 Å². The molecule has 1 unspecified atom stereocenters. The monoisotopic (exact) mass is 336 g/mol. The van der Waals surface area contributed by atoms with Crippen LogP contribution in [0.1, 0.15) is 11.9 Å². The van der Waals surface area contributed by atoms with Gasteiger partial charge in [0.15, 0.2) is 6.23 Å². The molecule has 12 heteroatoms. The fourth-order valence-corrected chi connectivity index (χ4v) is 2.51. The Morgan fingerprint density at radius 2 is 2.05 bits per heavy atom. The summed E-state index contributed by atoms with van der Waals surface area (Å²) in [6, 6.07) is 1.08. The number of phosphoric acid groups is 1. The van der Waals surface area contributed by atoms with Crippen LogP contribution >= 0.6 is 7.82 Å². The van der Waals surface area contributed by atoms with Crippen LogP contribution in [0.15, 0.2) is 15.7 Å². The molecule has 0 saturated carbocycles. The highest BCUT2D eigenvalue weighted by Crippen LogP contribution is 2.32. The van der Waals surface area contributed by atoms with Crippen LogP contribution < -0.4 is 21.0 Å². The number of aliphatic hydroxyl groups is 2.